The molecule has 2 N–H and O–H groups in total. The van der Waals surface area contributed by atoms with Gasteiger partial charge < -0.3 is 19.7 Å². The maximum Gasteiger partial charge on any atom is 0.303 e. The van der Waals surface area contributed by atoms with Gasteiger partial charge in [0.25, 0.3) is 0 Å². The molecule has 0 aliphatic carbocycles. The third kappa shape index (κ3) is 2.38. The normalized spacial score (nSPS) is 14.2. The van der Waals surface area contributed by atoms with Crippen LogP contribution < -0.4 is 10.1 Å². The quantitative estimate of drug-likeness (QED) is 0.904. The zero-order chi connectivity index (χ0) is 15.0. The van der Waals surface area contributed by atoms with Crippen molar-refractivity contribution >= 4 is 16.9 Å². The second-order valence-electron chi connectivity index (χ2n) is 5.51. The highest BCUT2D eigenvalue weighted by Crippen LogP contribution is 2.35. The summed E-state index contributed by atoms with van der Waals surface area (Å²) in [6.07, 6.45) is 0.713. The minimum Gasteiger partial charge on any atom is -0.495 e. The van der Waals surface area contributed by atoms with Gasteiger partial charge in [-0.25, -0.2) is 0 Å². The fourth-order valence-electron chi connectivity index (χ4n) is 3.22. The summed E-state index contributed by atoms with van der Waals surface area (Å²) < 4.78 is 7.83. The van der Waals surface area contributed by atoms with E-state index in [1.807, 2.05) is 13.0 Å². The molecule has 0 radical (unpaired) electrons. The Hall–Kier alpha value is -2.01. The van der Waals surface area contributed by atoms with Gasteiger partial charge in [0.1, 0.15) is 5.75 Å². The molecule has 21 heavy (non-hydrogen) atoms. The molecule has 0 fully saturated rings. The molecular weight excluding hydrogens is 268 g/mol. The number of nitrogens with zero attached hydrogens (tertiary/aromatic N) is 1. The van der Waals surface area contributed by atoms with E-state index in [1.54, 1.807) is 7.11 Å². The molecule has 1 aliphatic heterocycles. The van der Waals surface area contributed by atoms with Crippen molar-refractivity contribution in [2.75, 3.05) is 13.7 Å². The van der Waals surface area contributed by atoms with Crippen molar-refractivity contribution in [2.45, 2.75) is 32.9 Å². The molecule has 2 aromatic rings. The Morgan fingerprint density at radius 3 is 3.00 bits per heavy atom. The van der Waals surface area contributed by atoms with Gasteiger partial charge in [0.2, 0.25) is 0 Å². The minimum absolute atomic E-state index is 0.155. The number of carbonyl (C=O) groups is 1. The Kier molecular flexibility index (Phi) is 3.59. The molecule has 3 rings (SSSR count). The first-order valence-electron chi connectivity index (χ1n) is 7.23. The summed E-state index contributed by atoms with van der Waals surface area (Å²) in [4.78, 5) is 10.9. The smallest absolute Gasteiger partial charge is 0.303 e. The van der Waals surface area contributed by atoms with Crippen LogP contribution in [-0.4, -0.2) is 29.3 Å². The van der Waals surface area contributed by atoms with E-state index in [9.17, 15) is 4.79 Å². The van der Waals surface area contributed by atoms with Gasteiger partial charge in [-0.3, -0.25) is 4.79 Å². The Morgan fingerprint density at radius 1 is 1.48 bits per heavy atom. The molecule has 5 heteroatoms. The molecule has 0 amide bonds. The van der Waals surface area contributed by atoms with E-state index < -0.39 is 5.97 Å². The van der Waals surface area contributed by atoms with Crippen LogP contribution in [0.4, 0.5) is 0 Å². The zero-order valence-electron chi connectivity index (χ0n) is 12.4. The van der Waals surface area contributed by atoms with E-state index in [0.29, 0.717) is 6.42 Å². The number of hydrogen-bond acceptors (Lipinski definition) is 3. The standard InChI is InChI=1S/C16H20N2O3/c1-10-7-12-11(3-4-15(19)20)13-9-17-5-6-18(13)16(12)14(8-10)21-2/h7-8,17H,3-6,9H2,1-2H3,(H,19,20). The molecule has 0 unspecified atom stereocenters. The third-order valence-electron chi connectivity index (χ3n) is 4.10. The molecular formula is C16H20N2O3. The van der Waals surface area contributed by atoms with E-state index in [0.717, 1.165) is 47.4 Å². The minimum atomic E-state index is -0.758. The van der Waals surface area contributed by atoms with Crippen LogP contribution in [-0.2, 0) is 24.3 Å². The number of nitrogens with one attached hydrogen (secondary N) is 1. The van der Waals surface area contributed by atoms with Crippen molar-refractivity contribution in [2.24, 2.45) is 0 Å². The predicted molar refractivity (Wildman–Crippen MR) is 80.9 cm³/mol. The monoisotopic (exact) mass is 288 g/mol. The first kappa shape index (κ1) is 13.9. The number of hydrogen-bond donors (Lipinski definition) is 2. The number of ether oxygens (including phenoxy) is 1. The SMILES string of the molecule is COc1cc(C)cc2c(CCC(=O)O)c3n(c12)CCNC3. The highest BCUT2D eigenvalue weighted by molar-refractivity contribution is 5.91. The maximum atomic E-state index is 10.9. The van der Waals surface area contributed by atoms with Gasteiger partial charge in [0.05, 0.1) is 12.6 Å². The summed E-state index contributed by atoms with van der Waals surface area (Å²) in [5.41, 5.74) is 4.56. The lowest BCUT2D eigenvalue weighted by Crippen LogP contribution is -2.28. The fourth-order valence-corrected chi connectivity index (χ4v) is 3.22. The summed E-state index contributed by atoms with van der Waals surface area (Å²) in [6, 6.07) is 4.18. The van der Waals surface area contributed by atoms with Crippen molar-refractivity contribution in [3.8, 4) is 5.75 Å². The Morgan fingerprint density at radius 2 is 2.29 bits per heavy atom. The van der Waals surface area contributed by atoms with Crippen molar-refractivity contribution in [3.63, 3.8) is 0 Å². The van der Waals surface area contributed by atoms with Crippen LogP contribution in [0.15, 0.2) is 12.1 Å². The van der Waals surface area contributed by atoms with Crippen LogP contribution in [0.25, 0.3) is 10.9 Å². The lowest BCUT2D eigenvalue weighted by Gasteiger charge is -2.19. The van der Waals surface area contributed by atoms with Crippen LogP contribution in [0.1, 0.15) is 23.2 Å². The molecule has 0 saturated carbocycles. The van der Waals surface area contributed by atoms with Gasteiger partial charge in [-0.1, -0.05) is 0 Å². The summed E-state index contributed by atoms with van der Waals surface area (Å²) >= 11 is 0. The first-order valence-corrected chi connectivity index (χ1v) is 7.23. The lowest BCUT2D eigenvalue weighted by atomic mass is 10.0. The molecule has 0 atom stereocenters. The second-order valence-corrected chi connectivity index (χ2v) is 5.51. The topological polar surface area (TPSA) is 63.5 Å². The van der Waals surface area contributed by atoms with Crippen molar-refractivity contribution in [3.05, 3.63) is 29.0 Å². The molecule has 5 nitrogen and oxygen atoms in total. The summed E-state index contributed by atoms with van der Waals surface area (Å²) in [5, 5.41) is 13.5. The largest absolute Gasteiger partial charge is 0.495 e. The Bertz CT molecular complexity index is 703. The van der Waals surface area contributed by atoms with Crippen LogP contribution in [0, 0.1) is 6.92 Å². The van der Waals surface area contributed by atoms with Gasteiger partial charge in [-0.15, -0.1) is 0 Å². The zero-order valence-corrected chi connectivity index (χ0v) is 12.4. The average molecular weight is 288 g/mol. The van der Waals surface area contributed by atoms with E-state index in [-0.39, 0.29) is 6.42 Å². The fraction of sp³-hybridized carbons (Fsp3) is 0.438. The predicted octanol–water partition coefficient (Wildman–Crippen LogP) is 2.08. The Balaban J connectivity index is 2.24. The van der Waals surface area contributed by atoms with Crippen molar-refractivity contribution in [1.29, 1.82) is 0 Å². The van der Waals surface area contributed by atoms with Gasteiger partial charge in [-0.2, -0.15) is 0 Å². The number of aliphatic carboxylic acids is 1. The van der Waals surface area contributed by atoms with E-state index >= 15 is 0 Å². The second kappa shape index (κ2) is 5.41. The van der Waals surface area contributed by atoms with Crippen LogP contribution in [0.5, 0.6) is 5.75 Å². The lowest BCUT2D eigenvalue weighted by molar-refractivity contribution is -0.136. The molecule has 2 heterocycles. The molecule has 1 aromatic carbocycles. The number of benzene rings is 1. The molecule has 1 aliphatic rings. The van der Waals surface area contributed by atoms with Crippen LogP contribution in [0.2, 0.25) is 0 Å². The number of carboxylic acids is 1. The van der Waals surface area contributed by atoms with E-state index in [4.69, 9.17) is 9.84 Å². The number of methoxy groups -OCH3 is 1. The molecule has 1 aromatic heterocycles. The molecule has 112 valence electrons. The maximum absolute atomic E-state index is 10.9. The van der Waals surface area contributed by atoms with Gasteiger partial charge in [0.15, 0.2) is 0 Å². The van der Waals surface area contributed by atoms with Crippen LogP contribution in [0.3, 0.4) is 0 Å². The molecule has 0 saturated heterocycles. The van der Waals surface area contributed by atoms with Crippen molar-refractivity contribution in [1.82, 2.24) is 9.88 Å². The number of aromatic nitrogens is 1. The number of aryl methyl sites for hydroxylation is 2. The van der Waals surface area contributed by atoms with E-state index in [2.05, 4.69) is 16.0 Å². The highest BCUT2D eigenvalue weighted by atomic mass is 16.5. The summed E-state index contributed by atoms with van der Waals surface area (Å²) in [6.45, 7) is 4.63. The van der Waals surface area contributed by atoms with Crippen molar-refractivity contribution < 1.29 is 14.6 Å². The first-order chi connectivity index (χ1) is 10.1. The van der Waals surface area contributed by atoms with E-state index in [1.165, 1.54) is 5.69 Å². The molecule has 0 spiro atoms. The van der Waals surface area contributed by atoms with Gasteiger partial charge in [-0.05, 0) is 36.6 Å². The molecule has 0 bridgehead atoms. The Labute approximate surface area is 123 Å². The van der Waals surface area contributed by atoms with Gasteiger partial charge in [0, 0.05) is 37.1 Å². The van der Waals surface area contributed by atoms with Gasteiger partial charge >= 0.3 is 5.97 Å². The highest BCUT2D eigenvalue weighted by Gasteiger charge is 2.22. The summed E-state index contributed by atoms with van der Waals surface area (Å²) in [5.74, 6) is 0.112. The number of fused-ring (bicyclic) bond motifs is 3. The number of rotatable bonds is 4. The third-order valence-corrected chi connectivity index (χ3v) is 4.10. The average Bonchev–Trinajstić information content (AvgIpc) is 2.77. The summed E-state index contributed by atoms with van der Waals surface area (Å²) in [7, 11) is 1.69. The van der Waals surface area contributed by atoms with Crippen LogP contribution >= 0.6 is 0 Å². The number of carboxylic acid groups (broad SMARTS) is 1.